The number of hydrogen-bond donors (Lipinski definition) is 3. The molecule has 0 heterocycles. The molecule has 0 bridgehead atoms. The second kappa shape index (κ2) is 72.1. The maximum atomic E-state index is 12.6. The second-order valence-electron chi connectivity index (χ2n) is 26.3. The maximum Gasteiger partial charge on any atom is 0.305 e. The summed E-state index contributed by atoms with van der Waals surface area (Å²) in [5, 5.41) is 23.5. The Hall–Kier alpha value is -1.40. The van der Waals surface area contributed by atoms with Crippen LogP contribution in [-0.4, -0.2) is 47.4 Å². The van der Waals surface area contributed by atoms with Crippen molar-refractivity contribution in [2.45, 2.75) is 450 Å². The van der Waals surface area contributed by atoms with E-state index in [9.17, 15) is 19.8 Å². The molecule has 6 heteroatoms. The molecular weight excluding hydrogens is 1010 g/mol. The smallest absolute Gasteiger partial charge is 0.305 e. The Morgan fingerprint density at radius 3 is 0.902 bits per heavy atom. The standard InChI is InChI=1S/C76H149NO5/c1-3-5-7-9-11-13-15-16-17-18-19-20-30-33-36-39-42-45-49-52-56-60-64-68-74(79)73(72-78)77-75(80)69-65-61-57-53-50-46-43-40-37-34-31-28-26-24-22-21-23-25-27-29-32-35-38-41-44-47-51-55-59-63-67-71-82-76(81)70-66-62-58-54-48-14-12-10-8-6-4-2/h10,12,73-74,78-79H,3-9,11,13-72H2,1-2H3,(H,77,80)/b12-10-. The maximum absolute atomic E-state index is 12.6. The van der Waals surface area contributed by atoms with Gasteiger partial charge in [0, 0.05) is 12.8 Å². The number of allylic oxidation sites excluding steroid dienone is 2. The summed E-state index contributed by atoms with van der Waals surface area (Å²) < 4.78 is 5.47. The summed E-state index contributed by atoms with van der Waals surface area (Å²) in [6, 6.07) is -0.539. The van der Waals surface area contributed by atoms with Crippen LogP contribution in [0.1, 0.15) is 438 Å². The Bertz CT molecular complexity index is 1240. The topological polar surface area (TPSA) is 95.9 Å². The molecule has 1 amide bonds. The van der Waals surface area contributed by atoms with Gasteiger partial charge in [0.2, 0.25) is 5.91 Å². The highest BCUT2D eigenvalue weighted by molar-refractivity contribution is 5.76. The molecule has 6 nitrogen and oxygen atoms in total. The molecule has 0 fully saturated rings. The van der Waals surface area contributed by atoms with Gasteiger partial charge in [-0.15, -0.1) is 0 Å². The number of aliphatic hydroxyl groups is 2. The van der Waals surface area contributed by atoms with Crippen molar-refractivity contribution in [3.05, 3.63) is 12.2 Å². The number of amides is 1. The Labute approximate surface area is 514 Å². The third kappa shape index (κ3) is 67.7. The van der Waals surface area contributed by atoms with Crippen molar-refractivity contribution in [1.82, 2.24) is 5.32 Å². The first-order valence-electron chi connectivity index (χ1n) is 37.9. The Morgan fingerprint density at radius 1 is 0.329 bits per heavy atom. The lowest BCUT2D eigenvalue weighted by Crippen LogP contribution is -2.45. The zero-order valence-corrected chi connectivity index (χ0v) is 56.0. The van der Waals surface area contributed by atoms with Gasteiger partial charge >= 0.3 is 5.97 Å². The second-order valence-corrected chi connectivity index (χ2v) is 26.3. The van der Waals surface area contributed by atoms with E-state index in [0.717, 1.165) is 44.9 Å². The summed E-state index contributed by atoms with van der Waals surface area (Å²) in [7, 11) is 0. The van der Waals surface area contributed by atoms with Gasteiger partial charge < -0.3 is 20.3 Å². The van der Waals surface area contributed by atoms with Crippen LogP contribution in [0.15, 0.2) is 12.2 Å². The Kier molecular flexibility index (Phi) is 70.8. The van der Waals surface area contributed by atoms with Gasteiger partial charge in [0.15, 0.2) is 0 Å². The fourth-order valence-electron chi connectivity index (χ4n) is 12.3. The molecule has 0 saturated carbocycles. The number of aliphatic hydroxyl groups excluding tert-OH is 2. The van der Waals surface area contributed by atoms with Crippen LogP contribution in [0.5, 0.6) is 0 Å². The van der Waals surface area contributed by atoms with Crippen LogP contribution in [0.4, 0.5) is 0 Å². The van der Waals surface area contributed by atoms with E-state index in [-0.39, 0.29) is 18.5 Å². The first kappa shape index (κ1) is 80.6. The molecule has 0 aliphatic rings. The van der Waals surface area contributed by atoms with Crippen LogP contribution in [0, 0.1) is 0 Å². The number of rotatable bonds is 72. The van der Waals surface area contributed by atoms with Gasteiger partial charge in [0.1, 0.15) is 0 Å². The molecular formula is C76H149NO5. The normalized spacial score (nSPS) is 12.5. The zero-order valence-electron chi connectivity index (χ0n) is 56.0. The van der Waals surface area contributed by atoms with Gasteiger partial charge in [-0.05, 0) is 44.9 Å². The minimum absolute atomic E-state index is 0.0106. The molecule has 82 heavy (non-hydrogen) atoms. The summed E-state index contributed by atoms with van der Waals surface area (Å²) in [5.41, 5.74) is 0. The number of esters is 1. The summed E-state index contributed by atoms with van der Waals surface area (Å²) in [6.45, 7) is 4.97. The number of unbranched alkanes of at least 4 members (excludes halogenated alkanes) is 59. The predicted molar refractivity (Wildman–Crippen MR) is 361 cm³/mol. The first-order chi connectivity index (χ1) is 40.5. The first-order valence-corrected chi connectivity index (χ1v) is 37.9. The lowest BCUT2D eigenvalue weighted by molar-refractivity contribution is -0.143. The highest BCUT2D eigenvalue weighted by Crippen LogP contribution is 2.20. The zero-order chi connectivity index (χ0) is 59.2. The number of carbonyl (C=O) groups excluding carboxylic acids is 2. The van der Waals surface area contributed by atoms with Gasteiger partial charge in [0.25, 0.3) is 0 Å². The fourth-order valence-corrected chi connectivity index (χ4v) is 12.3. The molecule has 0 aromatic rings. The van der Waals surface area contributed by atoms with E-state index in [4.69, 9.17) is 4.74 Å². The highest BCUT2D eigenvalue weighted by Gasteiger charge is 2.20. The van der Waals surface area contributed by atoms with E-state index in [1.165, 1.54) is 360 Å². The van der Waals surface area contributed by atoms with Crippen LogP contribution >= 0.6 is 0 Å². The largest absolute Gasteiger partial charge is 0.466 e. The van der Waals surface area contributed by atoms with Gasteiger partial charge in [-0.3, -0.25) is 9.59 Å². The lowest BCUT2D eigenvalue weighted by Gasteiger charge is -2.22. The average molecular weight is 1160 g/mol. The minimum atomic E-state index is -0.662. The fraction of sp³-hybridized carbons (Fsp3) is 0.947. The predicted octanol–water partition coefficient (Wildman–Crippen LogP) is 24.7. The summed E-state index contributed by atoms with van der Waals surface area (Å²) in [5.74, 6) is -0.0144. The molecule has 0 aromatic carbocycles. The molecule has 2 unspecified atom stereocenters. The monoisotopic (exact) mass is 1160 g/mol. The van der Waals surface area contributed by atoms with Gasteiger partial charge in [-0.1, -0.05) is 392 Å². The lowest BCUT2D eigenvalue weighted by atomic mass is 10.0. The number of ether oxygens (including phenoxy) is 1. The van der Waals surface area contributed by atoms with Gasteiger partial charge in [-0.25, -0.2) is 0 Å². The third-order valence-electron chi connectivity index (χ3n) is 18.1. The number of hydrogen-bond acceptors (Lipinski definition) is 5. The summed E-state index contributed by atoms with van der Waals surface area (Å²) in [6.07, 6.45) is 90.1. The Morgan fingerprint density at radius 2 is 0.585 bits per heavy atom. The molecule has 488 valence electrons. The quantitative estimate of drug-likeness (QED) is 0.0320. The van der Waals surface area contributed by atoms with E-state index in [1.807, 2.05) is 0 Å². The van der Waals surface area contributed by atoms with Crippen LogP contribution < -0.4 is 5.32 Å². The number of carbonyl (C=O) groups is 2. The average Bonchev–Trinajstić information content (AvgIpc) is 3.48. The van der Waals surface area contributed by atoms with E-state index >= 15 is 0 Å². The molecule has 0 saturated heterocycles. The van der Waals surface area contributed by atoms with Gasteiger partial charge in [-0.2, -0.15) is 0 Å². The summed E-state index contributed by atoms with van der Waals surface area (Å²) in [4.78, 5) is 24.6. The molecule has 0 spiro atoms. The minimum Gasteiger partial charge on any atom is -0.466 e. The Balaban J connectivity index is 3.33. The van der Waals surface area contributed by atoms with E-state index in [1.54, 1.807) is 0 Å². The molecule has 0 aliphatic carbocycles. The third-order valence-corrected chi connectivity index (χ3v) is 18.1. The van der Waals surface area contributed by atoms with Gasteiger partial charge in [0.05, 0.1) is 25.4 Å². The molecule has 0 radical (unpaired) electrons. The van der Waals surface area contributed by atoms with Crippen LogP contribution in [-0.2, 0) is 14.3 Å². The highest BCUT2D eigenvalue weighted by atomic mass is 16.5. The van der Waals surface area contributed by atoms with Crippen LogP contribution in [0.25, 0.3) is 0 Å². The van der Waals surface area contributed by atoms with E-state index in [2.05, 4.69) is 31.3 Å². The molecule has 0 aliphatic heterocycles. The van der Waals surface area contributed by atoms with Crippen molar-refractivity contribution in [2.75, 3.05) is 13.2 Å². The van der Waals surface area contributed by atoms with Crippen molar-refractivity contribution in [2.24, 2.45) is 0 Å². The van der Waals surface area contributed by atoms with Crippen molar-refractivity contribution in [1.29, 1.82) is 0 Å². The van der Waals surface area contributed by atoms with Crippen LogP contribution in [0.3, 0.4) is 0 Å². The summed E-state index contributed by atoms with van der Waals surface area (Å²) >= 11 is 0. The molecule has 3 N–H and O–H groups in total. The molecule has 2 atom stereocenters. The molecule has 0 rings (SSSR count). The number of nitrogens with one attached hydrogen (secondary N) is 1. The van der Waals surface area contributed by atoms with E-state index in [0.29, 0.717) is 25.9 Å². The van der Waals surface area contributed by atoms with Crippen LogP contribution in [0.2, 0.25) is 0 Å². The molecule has 0 aromatic heterocycles. The van der Waals surface area contributed by atoms with Crippen molar-refractivity contribution >= 4 is 11.9 Å². The SMILES string of the molecule is CCCC/C=C\CCCCCCCC(=O)OCCCCCCCCCCCCCCCCCCCCCCCCCCCCCCCCCC(=O)NC(CO)C(O)CCCCCCCCCCCCCCCCCCCCCCCCC. The van der Waals surface area contributed by atoms with Crippen molar-refractivity contribution in [3.63, 3.8) is 0 Å². The van der Waals surface area contributed by atoms with Crippen molar-refractivity contribution in [3.8, 4) is 0 Å². The van der Waals surface area contributed by atoms with E-state index < -0.39 is 12.1 Å². The van der Waals surface area contributed by atoms with Crippen molar-refractivity contribution < 1.29 is 24.5 Å².